The summed E-state index contributed by atoms with van der Waals surface area (Å²) in [6.45, 7) is 10.2. The number of fused-ring (bicyclic) bond motifs is 1. The average Bonchev–Trinajstić information content (AvgIpc) is 3.22. The van der Waals surface area contributed by atoms with E-state index in [1.807, 2.05) is 11.0 Å². The molecule has 0 saturated carbocycles. The fraction of sp³-hybridized carbons (Fsp3) is 0.682. The van der Waals surface area contributed by atoms with Crippen molar-refractivity contribution in [1.82, 2.24) is 20.0 Å². The Bertz CT molecular complexity index is 691. The fourth-order valence-electron chi connectivity index (χ4n) is 4.51. The fourth-order valence-corrected chi connectivity index (χ4v) is 4.51. The van der Waals surface area contributed by atoms with Crippen LogP contribution in [0.25, 0.3) is 0 Å². The van der Waals surface area contributed by atoms with Crippen molar-refractivity contribution in [3.05, 3.63) is 23.8 Å². The van der Waals surface area contributed by atoms with Gasteiger partial charge >= 0.3 is 6.03 Å². The first kappa shape index (κ1) is 20.3. The molecule has 0 aliphatic carbocycles. The molecule has 29 heavy (non-hydrogen) atoms. The Labute approximate surface area is 173 Å². The first-order valence-electron chi connectivity index (χ1n) is 11.1. The number of likely N-dealkylation sites (tertiary alicyclic amines) is 1. The van der Waals surface area contributed by atoms with E-state index >= 15 is 0 Å². The summed E-state index contributed by atoms with van der Waals surface area (Å²) >= 11 is 0. The summed E-state index contributed by atoms with van der Waals surface area (Å²) in [5, 5.41) is 3.07. The second-order valence-corrected chi connectivity index (χ2v) is 8.33. The molecule has 1 aromatic rings. The third-order valence-corrected chi connectivity index (χ3v) is 6.26. The van der Waals surface area contributed by atoms with Crippen LogP contribution in [0.2, 0.25) is 0 Å². The molecule has 2 amide bonds. The smallest absolute Gasteiger partial charge is 0.317 e. The van der Waals surface area contributed by atoms with E-state index in [0.717, 1.165) is 83.1 Å². The number of hydrogen-bond donors (Lipinski definition) is 1. The van der Waals surface area contributed by atoms with Crippen molar-refractivity contribution in [2.45, 2.75) is 45.2 Å². The van der Waals surface area contributed by atoms with E-state index in [2.05, 4.69) is 34.2 Å². The zero-order chi connectivity index (χ0) is 20.1. The van der Waals surface area contributed by atoms with Crippen molar-refractivity contribution in [1.29, 1.82) is 0 Å². The van der Waals surface area contributed by atoms with Crippen LogP contribution < -0.4 is 14.8 Å². The Morgan fingerprint density at radius 1 is 1.14 bits per heavy atom. The summed E-state index contributed by atoms with van der Waals surface area (Å²) < 4.78 is 10.9. The van der Waals surface area contributed by atoms with E-state index in [0.29, 0.717) is 12.8 Å². The summed E-state index contributed by atoms with van der Waals surface area (Å²) in [5.41, 5.74) is 1.27. The summed E-state index contributed by atoms with van der Waals surface area (Å²) in [6, 6.07) is 6.86. The van der Waals surface area contributed by atoms with E-state index in [9.17, 15) is 4.79 Å². The number of rotatable bonds is 6. The molecular weight excluding hydrogens is 368 g/mol. The maximum absolute atomic E-state index is 12.4. The number of urea groups is 1. The normalized spacial score (nSPS) is 22.7. The molecule has 2 fully saturated rings. The van der Waals surface area contributed by atoms with Crippen LogP contribution in [0.4, 0.5) is 4.79 Å². The van der Waals surface area contributed by atoms with Crippen LogP contribution in [0.15, 0.2) is 18.2 Å². The van der Waals surface area contributed by atoms with Gasteiger partial charge < -0.3 is 19.7 Å². The maximum Gasteiger partial charge on any atom is 0.317 e. The first-order chi connectivity index (χ1) is 14.2. The number of benzene rings is 1. The number of nitrogens with zero attached hydrogens (tertiary/aromatic N) is 3. The number of piperazine rings is 1. The SMILES string of the molecule is CCCCNC(=O)N1CCCC(N2CCN(Cc3ccc4c(c3)OCO4)CC2)C1. The molecule has 0 radical (unpaired) electrons. The molecule has 1 N–H and O–H groups in total. The van der Waals surface area contributed by atoms with Crippen molar-refractivity contribution in [3.63, 3.8) is 0 Å². The van der Waals surface area contributed by atoms with Gasteiger partial charge in [-0.2, -0.15) is 0 Å². The summed E-state index contributed by atoms with van der Waals surface area (Å²) in [5.74, 6) is 1.71. The lowest BCUT2D eigenvalue weighted by molar-refractivity contribution is 0.0581. The summed E-state index contributed by atoms with van der Waals surface area (Å²) in [6.07, 6.45) is 4.46. The molecule has 1 atom stereocenters. The standard InChI is InChI=1S/C22H34N4O3/c1-2-3-8-23-22(27)26-9-4-5-19(16-26)25-12-10-24(11-13-25)15-18-6-7-20-21(14-18)29-17-28-20/h6-7,14,19H,2-5,8-13,15-17H2,1H3,(H,23,27). The number of ether oxygens (including phenoxy) is 2. The number of hydrogen-bond acceptors (Lipinski definition) is 5. The van der Waals surface area contributed by atoms with E-state index in [-0.39, 0.29) is 6.03 Å². The predicted molar refractivity (Wildman–Crippen MR) is 112 cm³/mol. The van der Waals surface area contributed by atoms with Crippen LogP contribution in [0.3, 0.4) is 0 Å². The van der Waals surface area contributed by atoms with Gasteiger partial charge in [-0.3, -0.25) is 9.80 Å². The molecule has 0 bridgehead atoms. The Hall–Kier alpha value is -1.99. The van der Waals surface area contributed by atoms with Gasteiger partial charge in [0.1, 0.15) is 0 Å². The van der Waals surface area contributed by atoms with Gasteiger partial charge in [-0.05, 0) is 37.0 Å². The average molecular weight is 403 g/mol. The van der Waals surface area contributed by atoms with Crippen molar-refractivity contribution in [3.8, 4) is 11.5 Å². The first-order valence-corrected chi connectivity index (χ1v) is 11.1. The molecule has 4 rings (SSSR count). The van der Waals surface area contributed by atoms with E-state index in [1.54, 1.807) is 0 Å². The number of carbonyl (C=O) groups excluding carboxylic acids is 1. The third kappa shape index (κ3) is 5.14. The molecule has 0 aromatic heterocycles. The van der Waals surface area contributed by atoms with Gasteiger partial charge in [0.15, 0.2) is 11.5 Å². The lowest BCUT2D eigenvalue weighted by Crippen LogP contribution is -2.56. The van der Waals surface area contributed by atoms with Gasteiger partial charge in [0.2, 0.25) is 6.79 Å². The van der Waals surface area contributed by atoms with Crippen molar-refractivity contribution < 1.29 is 14.3 Å². The van der Waals surface area contributed by atoms with Crippen LogP contribution in [0.5, 0.6) is 11.5 Å². The Balaban J connectivity index is 1.23. The molecule has 7 heteroatoms. The quantitative estimate of drug-likeness (QED) is 0.741. The molecule has 2 saturated heterocycles. The highest BCUT2D eigenvalue weighted by atomic mass is 16.7. The van der Waals surface area contributed by atoms with E-state index in [4.69, 9.17) is 9.47 Å². The van der Waals surface area contributed by atoms with Crippen molar-refractivity contribution in [2.75, 3.05) is 52.6 Å². The molecule has 3 aliphatic heterocycles. The van der Waals surface area contributed by atoms with E-state index in [1.165, 1.54) is 12.0 Å². The minimum atomic E-state index is 0.115. The number of nitrogens with one attached hydrogen (secondary N) is 1. The predicted octanol–water partition coefficient (Wildman–Crippen LogP) is 2.51. The van der Waals surface area contributed by atoms with Gasteiger partial charge in [-0.25, -0.2) is 4.79 Å². The zero-order valence-electron chi connectivity index (χ0n) is 17.6. The largest absolute Gasteiger partial charge is 0.454 e. The Morgan fingerprint density at radius 2 is 1.97 bits per heavy atom. The van der Waals surface area contributed by atoms with Gasteiger partial charge in [0.05, 0.1) is 0 Å². The number of piperidine rings is 1. The second kappa shape index (κ2) is 9.67. The topological polar surface area (TPSA) is 57.3 Å². The lowest BCUT2D eigenvalue weighted by atomic mass is 10.0. The summed E-state index contributed by atoms with van der Waals surface area (Å²) in [7, 11) is 0. The van der Waals surface area contributed by atoms with Crippen molar-refractivity contribution in [2.24, 2.45) is 0 Å². The minimum absolute atomic E-state index is 0.115. The molecule has 0 spiro atoms. The molecule has 3 heterocycles. The molecule has 1 unspecified atom stereocenters. The summed E-state index contributed by atoms with van der Waals surface area (Å²) in [4.78, 5) is 19.5. The maximum atomic E-state index is 12.4. The molecule has 1 aromatic carbocycles. The number of amides is 2. The Kier molecular flexibility index (Phi) is 6.77. The highest BCUT2D eigenvalue weighted by molar-refractivity contribution is 5.74. The number of carbonyl (C=O) groups is 1. The zero-order valence-corrected chi connectivity index (χ0v) is 17.6. The molecular formula is C22H34N4O3. The van der Waals surface area contributed by atoms with Crippen LogP contribution in [0.1, 0.15) is 38.2 Å². The highest BCUT2D eigenvalue weighted by Crippen LogP contribution is 2.33. The molecule has 3 aliphatic rings. The minimum Gasteiger partial charge on any atom is -0.454 e. The highest BCUT2D eigenvalue weighted by Gasteiger charge is 2.30. The van der Waals surface area contributed by atoms with E-state index < -0.39 is 0 Å². The van der Waals surface area contributed by atoms with Crippen LogP contribution in [-0.4, -0.2) is 79.4 Å². The molecule has 7 nitrogen and oxygen atoms in total. The van der Waals surface area contributed by atoms with Crippen LogP contribution >= 0.6 is 0 Å². The van der Waals surface area contributed by atoms with Gasteiger partial charge in [-0.1, -0.05) is 19.4 Å². The Morgan fingerprint density at radius 3 is 2.79 bits per heavy atom. The second-order valence-electron chi connectivity index (χ2n) is 8.33. The van der Waals surface area contributed by atoms with Crippen LogP contribution in [-0.2, 0) is 6.54 Å². The lowest BCUT2D eigenvalue weighted by Gasteiger charge is -2.43. The third-order valence-electron chi connectivity index (χ3n) is 6.26. The number of unbranched alkanes of at least 4 members (excludes halogenated alkanes) is 1. The monoisotopic (exact) mass is 402 g/mol. The molecule has 160 valence electrons. The van der Waals surface area contributed by atoms with Gasteiger partial charge in [0.25, 0.3) is 0 Å². The van der Waals surface area contributed by atoms with Crippen LogP contribution in [0, 0.1) is 0 Å². The van der Waals surface area contributed by atoms with Crippen molar-refractivity contribution >= 4 is 6.03 Å². The van der Waals surface area contributed by atoms with Gasteiger partial charge in [0, 0.05) is 58.4 Å². The van der Waals surface area contributed by atoms with Gasteiger partial charge in [-0.15, -0.1) is 0 Å².